The highest BCUT2D eigenvalue weighted by Crippen LogP contribution is 2.33. The molecule has 0 saturated heterocycles. The molecule has 1 aliphatic carbocycles. The van der Waals surface area contributed by atoms with Crippen LogP contribution in [0.3, 0.4) is 0 Å². The second-order valence-corrected chi connectivity index (χ2v) is 3.98. The van der Waals surface area contributed by atoms with Crippen LogP contribution in [0.4, 0.5) is 0 Å². The number of amides is 2. The molecule has 0 spiro atoms. The highest BCUT2D eigenvalue weighted by molar-refractivity contribution is 5.87. The van der Waals surface area contributed by atoms with Gasteiger partial charge in [-0.15, -0.1) is 0 Å². The molecule has 1 saturated carbocycles. The standard InChI is InChI=1S/C10H16N2O4/c1-6(13)16-5-9(14)12-8(10(11)15)4-7-2-3-7/h7-8H,2-5H2,1H3,(H2,11,15)(H,12,14)/t8-/m1/s1. The molecule has 0 aliphatic heterocycles. The van der Waals surface area contributed by atoms with Gasteiger partial charge in [0.05, 0.1) is 0 Å². The first-order valence-electron chi connectivity index (χ1n) is 5.21. The number of hydrogen-bond acceptors (Lipinski definition) is 4. The number of carbonyl (C=O) groups excluding carboxylic acids is 3. The van der Waals surface area contributed by atoms with Crippen molar-refractivity contribution < 1.29 is 19.1 Å². The van der Waals surface area contributed by atoms with E-state index in [-0.39, 0.29) is 6.61 Å². The Morgan fingerprint density at radius 2 is 2.06 bits per heavy atom. The van der Waals surface area contributed by atoms with Gasteiger partial charge >= 0.3 is 5.97 Å². The van der Waals surface area contributed by atoms with Gasteiger partial charge in [0, 0.05) is 6.92 Å². The summed E-state index contributed by atoms with van der Waals surface area (Å²) in [5, 5.41) is 2.45. The van der Waals surface area contributed by atoms with Gasteiger partial charge in [0.2, 0.25) is 5.91 Å². The molecule has 0 aromatic heterocycles. The summed E-state index contributed by atoms with van der Waals surface area (Å²) in [6, 6.07) is -0.657. The number of primary amides is 1. The van der Waals surface area contributed by atoms with Crippen LogP contribution in [0.15, 0.2) is 0 Å². The lowest BCUT2D eigenvalue weighted by atomic mass is 10.1. The smallest absolute Gasteiger partial charge is 0.303 e. The van der Waals surface area contributed by atoms with Crippen LogP contribution < -0.4 is 11.1 Å². The average Bonchev–Trinajstić information content (AvgIpc) is 2.97. The fourth-order valence-corrected chi connectivity index (χ4v) is 1.34. The van der Waals surface area contributed by atoms with Crippen molar-refractivity contribution in [3.05, 3.63) is 0 Å². The lowest BCUT2D eigenvalue weighted by Gasteiger charge is -2.14. The molecule has 6 heteroatoms. The maximum atomic E-state index is 11.3. The monoisotopic (exact) mass is 228 g/mol. The molecule has 3 N–H and O–H groups in total. The molecule has 6 nitrogen and oxygen atoms in total. The maximum absolute atomic E-state index is 11.3. The normalized spacial score (nSPS) is 16.3. The van der Waals surface area contributed by atoms with E-state index in [2.05, 4.69) is 10.1 Å². The fraction of sp³-hybridized carbons (Fsp3) is 0.700. The molecule has 1 rings (SSSR count). The summed E-state index contributed by atoms with van der Waals surface area (Å²) >= 11 is 0. The van der Waals surface area contributed by atoms with Gasteiger partial charge in [-0.05, 0) is 12.3 Å². The first-order valence-corrected chi connectivity index (χ1v) is 5.21. The second kappa shape index (κ2) is 5.48. The number of rotatable bonds is 6. The summed E-state index contributed by atoms with van der Waals surface area (Å²) in [6.07, 6.45) is 2.72. The van der Waals surface area contributed by atoms with Crippen molar-refractivity contribution in [3.8, 4) is 0 Å². The molecule has 0 unspecified atom stereocenters. The highest BCUT2D eigenvalue weighted by Gasteiger charge is 2.29. The van der Waals surface area contributed by atoms with E-state index >= 15 is 0 Å². The van der Waals surface area contributed by atoms with Crippen LogP contribution >= 0.6 is 0 Å². The summed E-state index contributed by atoms with van der Waals surface area (Å²) in [5.41, 5.74) is 5.16. The van der Waals surface area contributed by atoms with Gasteiger partial charge in [-0.2, -0.15) is 0 Å². The Labute approximate surface area is 93.5 Å². The van der Waals surface area contributed by atoms with Gasteiger partial charge in [-0.3, -0.25) is 14.4 Å². The summed E-state index contributed by atoms with van der Waals surface area (Å²) in [4.78, 5) is 32.8. The van der Waals surface area contributed by atoms with Crippen molar-refractivity contribution in [2.45, 2.75) is 32.2 Å². The number of nitrogens with one attached hydrogen (secondary N) is 1. The maximum Gasteiger partial charge on any atom is 0.303 e. The zero-order valence-electron chi connectivity index (χ0n) is 9.19. The van der Waals surface area contributed by atoms with E-state index < -0.39 is 23.8 Å². The Kier molecular flexibility index (Phi) is 4.28. The third-order valence-corrected chi connectivity index (χ3v) is 2.35. The van der Waals surface area contributed by atoms with E-state index in [0.29, 0.717) is 12.3 Å². The molecule has 16 heavy (non-hydrogen) atoms. The third kappa shape index (κ3) is 4.77. The number of hydrogen-bond donors (Lipinski definition) is 2. The van der Waals surface area contributed by atoms with Crippen LogP contribution in [0.25, 0.3) is 0 Å². The van der Waals surface area contributed by atoms with E-state index in [0.717, 1.165) is 12.8 Å². The molecular formula is C10H16N2O4. The molecular weight excluding hydrogens is 212 g/mol. The third-order valence-electron chi connectivity index (χ3n) is 2.35. The molecule has 0 heterocycles. The molecule has 1 atom stereocenters. The Morgan fingerprint density at radius 1 is 1.44 bits per heavy atom. The Balaban J connectivity index is 2.31. The van der Waals surface area contributed by atoms with Crippen molar-refractivity contribution in [3.63, 3.8) is 0 Å². The van der Waals surface area contributed by atoms with E-state index in [9.17, 15) is 14.4 Å². The molecule has 1 fully saturated rings. The lowest BCUT2D eigenvalue weighted by Crippen LogP contribution is -2.46. The number of ether oxygens (including phenoxy) is 1. The first kappa shape index (κ1) is 12.5. The van der Waals surface area contributed by atoms with Gasteiger partial charge in [0.15, 0.2) is 6.61 Å². The largest absolute Gasteiger partial charge is 0.456 e. The predicted molar refractivity (Wildman–Crippen MR) is 55.1 cm³/mol. The van der Waals surface area contributed by atoms with Crippen LogP contribution in [0.2, 0.25) is 0 Å². The number of esters is 1. The zero-order valence-corrected chi connectivity index (χ0v) is 9.19. The number of nitrogens with two attached hydrogens (primary N) is 1. The molecule has 0 bridgehead atoms. The van der Waals surface area contributed by atoms with E-state index in [1.807, 2.05) is 0 Å². The summed E-state index contributed by atoms with van der Waals surface area (Å²) in [7, 11) is 0. The highest BCUT2D eigenvalue weighted by atomic mass is 16.5. The van der Waals surface area contributed by atoms with Crippen molar-refractivity contribution in [1.82, 2.24) is 5.32 Å². The summed E-state index contributed by atoms with van der Waals surface area (Å²) in [5.74, 6) is -1.11. The average molecular weight is 228 g/mol. The molecule has 0 aromatic carbocycles. The molecule has 0 radical (unpaired) electrons. The van der Waals surface area contributed by atoms with Crippen LogP contribution in [0, 0.1) is 5.92 Å². The number of carbonyl (C=O) groups is 3. The molecule has 0 aromatic rings. The summed E-state index contributed by atoms with van der Waals surface area (Å²) < 4.78 is 4.50. The lowest BCUT2D eigenvalue weighted by molar-refractivity contribution is -0.146. The zero-order chi connectivity index (χ0) is 12.1. The SMILES string of the molecule is CC(=O)OCC(=O)N[C@H](CC1CC1)C(N)=O. The van der Waals surface area contributed by atoms with Gasteiger partial charge < -0.3 is 15.8 Å². The van der Waals surface area contributed by atoms with Crippen LogP contribution in [-0.4, -0.2) is 30.4 Å². The topological polar surface area (TPSA) is 98.5 Å². The van der Waals surface area contributed by atoms with Crippen molar-refractivity contribution in [1.29, 1.82) is 0 Å². The van der Waals surface area contributed by atoms with Crippen LogP contribution in [0.1, 0.15) is 26.2 Å². The van der Waals surface area contributed by atoms with Crippen LogP contribution in [0.5, 0.6) is 0 Å². The fourth-order valence-electron chi connectivity index (χ4n) is 1.34. The van der Waals surface area contributed by atoms with E-state index in [1.54, 1.807) is 0 Å². The molecule has 2 amide bonds. The summed E-state index contributed by atoms with van der Waals surface area (Å²) in [6.45, 7) is 0.840. The van der Waals surface area contributed by atoms with Gasteiger partial charge in [0.1, 0.15) is 6.04 Å². The minimum Gasteiger partial charge on any atom is -0.456 e. The van der Waals surface area contributed by atoms with Crippen molar-refractivity contribution >= 4 is 17.8 Å². The van der Waals surface area contributed by atoms with Crippen molar-refractivity contribution in [2.75, 3.05) is 6.61 Å². The second-order valence-electron chi connectivity index (χ2n) is 3.98. The van der Waals surface area contributed by atoms with E-state index in [1.165, 1.54) is 6.92 Å². The Bertz CT molecular complexity index is 299. The quantitative estimate of drug-likeness (QED) is 0.588. The van der Waals surface area contributed by atoms with Crippen LogP contribution in [-0.2, 0) is 19.1 Å². The first-order chi connectivity index (χ1) is 7.49. The Hall–Kier alpha value is -1.59. The van der Waals surface area contributed by atoms with Crippen molar-refractivity contribution in [2.24, 2.45) is 11.7 Å². The minimum atomic E-state index is -0.657. The molecule has 90 valence electrons. The van der Waals surface area contributed by atoms with E-state index in [4.69, 9.17) is 5.73 Å². The Morgan fingerprint density at radius 3 is 2.50 bits per heavy atom. The van der Waals surface area contributed by atoms with Gasteiger partial charge in [-0.1, -0.05) is 12.8 Å². The van der Waals surface area contributed by atoms with Gasteiger partial charge in [-0.25, -0.2) is 0 Å². The minimum absolute atomic E-state index is 0.371. The van der Waals surface area contributed by atoms with Gasteiger partial charge in [0.25, 0.3) is 5.91 Å². The predicted octanol–water partition coefficient (Wildman–Crippen LogP) is -0.680. The molecule has 1 aliphatic rings.